The van der Waals surface area contributed by atoms with Crippen molar-refractivity contribution in [2.45, 2.75) is 13.8 Å². The normalized spacial score (nSPS) is 10.8. The van der Waals surface area contributed by atoms with Gasteiger partial charge in [0.25, 0.3) is 0 Å². The highest BCUT2D eigenvalue weighted by molar-refractivity contribution is 5.95. The molecule has 0 aliphatic carbocycles. The Morgan fingerprint density at radius 3 is 2.74 bits per heavy atom. The van der Waals surface area contributed by atoms with Gasteiger partial charge in [-0.2, -0.15) is 5.10 Å². The number of carbonyl (C=O) groups is 1. The fraction of sp³-hybridized carbons (Fsp3) is 0.133. The predicted molar refractivity (Wildman–Crippen MR) is 73.6 cm³/mol. The fourth-order valence-electron chi connectivity index (χ4n) is 2.24. The van der Waals surface area contributed by atoms with Crippen LogP contribution in [-0.4, -0.2) is 20.5 Å². The molecule has 2 heterocycles. The Morgan fingerprint density at radius 1 is 1.21 bits per heavy atom. The van der Waals surface area contributed by atoms with Crippen LogP contribution in [0.25, 0.3) is 16.6 Å². The summed E-state index contributed by atoms with van der Waals surface area (Å²) < 4.78 is 1.72. The van der Waals surface area contributed by atoms with Gasteiger partial charge in [0.1, 0.15) is 0 Å². The first kappa shape index (κ1) is 11.6. The van der Waals surface area contributed by atoms with Crippen molar-refractivity contribution in [1.29, 1.82) is 0 Å². The summed E-state index contributed by atoms with van der Waals surface area (Å²) in [5, 5.41) is 6.41. The molecule has 0 N–H and O–H groups in total. The van der Waals surface area contributed by atoms with Gasteiger partial charge in [0.2, 0.25) is 0 Å². The van der Waals surface area contributed by atoms with Crippen molar-refractivity contribution in [2.24, 2.45) is 0 Å². The second kappa shape index (κ2) is 4.31. The standard InChI is InChI=1S/C15H13N3O/c1-10-14(11(2)19)9-17-18(10)15-13-6-4-3-5-12(13)7-8-16-15/h3-9H,1-2H3. The molecule has 3 aromatic rings. The lowest BCUT2D eigenvalue weighted by Gasteiger charge is -2.07. The molecule has 0 amide bonds. The number of rotatable bonds is 2. The number of benzene rings is 1. The van der Waals surface area contributed by atoms with E-state index in [4.69, 9.17) is 0 Å². The lowest BCUT2D eigenvalue weighted by molar-refractivity contribution is 0.101. The summed E-state index contributed by atoms with van der Waals surface area (Å²) in [4.78, 5) is 15.9. The first-order valence-corrected chi connectivity index (χ1v) is 6.08. The van der Waals surface area contributed by atoms with E-state index in [1.807, 2.05) is 37.3 Å². The van der Waals surface area contributed by atoms with Crippen LogP contribution in [0.2, 0.25) is 0 Å². The smallest absolute Gasteiger partial charge is 0.163 e. The van der Waals surface area contributed by atoms with E-state index in [1.165, 1.54) is 0 Å². The molecule has 4 heteroatoms. The monoisotopic (exact) mass is 251 g/mol. The highest BCUT2D eigenvalue weighted by atomic mass is 16.1. The molecule has 19 heavy (non-hydrogen) atoms. The van der Waals surface area contributed by atoms with E-state index in [9.17, 15) is 4.79 Å². The van der Waals surface area contributed by atoms with E-state index in [0.717, 1.165) is 22.3 Å². The van der Waals surface area contributed by atoms with Crippen molar-refractivity contribution in [3.8, 4) is 5.82 Å². The largest absolute Gasteiger partial charge is 0.294 e. The van der Waals surface area contributed by atoms with Crippen LogP contribution >= 0.6 is 0 Å². The summed E-state index contributed by atoms with van der Waals surface area (Å²) >= 11 is 0. The topological polar surface area (TPSA) is 47.8 Å². The molecule has 0 spiro atoms. The number of pyridine rings is 1. The van der Waals surface area contributed by atoms with Crippen molar-refractivity contribution < 1.29 is 4.79 Å². The number of hydrogen-bond acceptors (Lipinski definition) is 3. The molecule has 0 fully saturated rings. The number of ketones is 1. The van der Waals surface area contributed by atoms with Gasteiger partial charge in [-0.3, -0.25) is 4.79 Å². The number of aromatic nitrogens is 3. The van der Waals surface area contributed by atoms with Gasteiger partial charge in [-0.1, -0.05) is 24.3 Å². The zero-order chi connectivity index (χ0) is 13.4. The third kappa shape index (κ3) is 1.81. The molecule has 1 aromatic carbocycles. The number of hydrogen-bond donors (Lipinski definition) is 0. The highest BCUT2D eigenvalue weighted by Gasteiger charge is 2.13. The molecule has 4 nitrogen and oxygen atoms in total. The van der Waals surface area contributed by atoms with E-state index >= 15 is 0 Å². The molecular formula is C15H13N3O. The van der Waals surface area contributed by atoms with Crippen LogP contribution in [-0.2, 0) is 0 Å². The lowest BCUT2D eigenvalue weighted by atomic mass is 10.1. The van der Waals surface area contributed by atoms with Crippen LogP contribution in [0.5, 0.6) is 0 Å². The molecule has 0 aliphatic heterocycles. The first-order valence-electron chi connectivity index (χ1n) is 6.08. The van der Waals surface area contributed by atoms with Crippen molar-refractivity contribution >= 4 is 16.6 Å². The summed E-state index contributed by atoms with van der Waals surface area (Å²) in [6, 6.07) is 9.96. The zero-order valence-electron chi connectivity index (χ0n) is 10.8. The molecule has 0 aliphatic rings. The molecule has 0 radical (unpaired) electrons. The van der Waals surface area contributed by atoms with Gasteiger partial charge in [0.15, 0.2) is 11.6 Å². The van der Waals surface area contributed by atoms with Gasteiger partial charge >= 0.3 is 0 Å². The van der Waals surface area contributed by atoms with E-state index < -0.39 is 0 Å². The average molecular weight is 251 g/mol. The Balaban J connectivity index is 2.28. The quantitative estimate of drug-likeness (QED) is 0.658. The minimum absolute atomic E-state index is 0.0176. The van der Waals surface area contributed by atoms with E-state index in [0.29, 0.717) is 5.56 Å². The fourth-order valence-corrected chi connectivity index (χ4v) is 2.24. The molecule has 2 aromatic heterocycles. The van der Waals surface area contributed by atoms with Gasteiger partial charge in [-0.15, -0.1) is 0 Å². The molecular weight excluding hydrogens is 238 g/mol. The molecule has 94 valence electrons. The number of nitrogens with zero attached hydrogens (tertiary/aromatic N) is 3. The molecule has 3 rings (SSSR count). The van der Waals surface area contributed by atoms with Gasteiger partial charge in [-0.05, 0) is 25.3 Å². The van der Waals surface area contributed by atoms with Crippen molar-refractivity contribution in [1.82, 2.24) is 14.8 Å². The lowest BCUT2D eigenvalue weighted by Crippen LogP contribution is -2.04. The Kier molecular flexibility index (Phi) is 2.63. The Bertz CT molecular complexity index is 769. The number of Topliss-reactive ketones (excluding diaryl/α,β-unsaturated/α-hetero) is 1. The van der Waals surface area contributed by atoms with Crippen LogP contribution < -0.4 is 0 Å². The van der Waals surface area contributed by atoms with Crippen LogP contribution in [0.4, 0.5) is 0 Å². The molecule has 0 saturated heterocycles. The molecule has 0 unspecified atom stereocenters. The summed E-state index contributed by atoms with van der Waals surface area (Å²) in [7, 11) is 0. The third-order valence-electron chi connectivity index (χ3n) is 3.24. The highest BCUT2D eigenvalue weighted by Crippen LogP contribution is 2.21. The van der Waals surface area contributed by atoms with Crippen LogP contribution in [0, 0.1) is 6.92 Å². The van der Waals surface area contributed by atoms with E-state index in [2.05, 4.69) is 10.1 Å². The maximum atomic E-state index is 11.5. The maximum Gasteiger partial charge on any atom is 0.163 e. The maximum absolute atomic E-state index is 11.5. The number of carbonyl (C=O) groups excluding carboxylic acids is 1. The first-order chi connectivity index (χ1) is 9.18. The predicted octanol–water partition coefficient (Wildman–Crippen LogP) is 2.93. The van der Waals surface area contributed by atoms with Gasteiger partial charge < -0.3 is 0 Å². The Hall–Kier alpha value is -2.49. The minimum atomic E-state index is 0.0176. The van der Waals surface area contributed by atoms with Crippen LogP contribution in [0.15, 0.2) is 42.7 Å². The summed E-state index contributed by atoms with van der Waals surface area (Å²) in [6.45, 7) is 3.43. The summed E-state index contributed by atoms with van der Waals surface area (Å²) in [5.41, 5.74) is 1.45. The van der Waals surface area contributed by atoms with Crippen molar-refractivity contribution in [2.75, 3.05) is 0 Å². The van der Waals surface area contributed by atoms with E-state index in [-0.39, 0.29) is 5.78 Å². The Labute approximate surface area is 110 Å². The molecule has 0 bridgehead atoms. The molecule has 0 atom stereocenters. The second-order valence-corrected chi connectivity index (χ2v) is 4.47. The van der Waals surface area contributed by atoms with Crippen LogP contribution in [0.3, 0.4) is 0 Å². The van der Waals surface area contributed by atoms with Crippen molar-refractivity contribution in [3.05, 3.63) is 54.0 Å². The third-order valence-corrected chi connectivity index (χ3v) is 3.24. The number of fused-ring (bicyclic) bond motifs is 1. The second-order valence-electron chi connectivity index (χ2n) is 4.47. The summed E-state index contributed by atoms with van der Waals surface area (Å²) in [6.07, 6.45) is 3.35. The van der Waals surface area contributed by atoms with Gasteiger partial charge in [0.05, 0.1) is 17.5 Å². The average Bonchev–Trinajstić information content (AvgIpc) is 2.80. The van der Waals surface area contributed by atoms with Crippen molar-refractivity contribution in [3.63, 3.8) is 0 Å². The summed E-state index contributed by atoms with van der Waals surface area (Å²) in [5.74, 6) is 0.770. The molecule has 0 saturated carbocycles. The van der Waals surface area contributed by atoms with E-state index in [1.54, 1.807) is 24.0 Å². The zero-order valence-corrected chi connectivity index (χ0v) is 10.8. The Morgan fingerprint density at radius 2 is 2.00 bits per heavy atom. The van der Waals surface area contributed by atoms with Crippen LogP contribution in [0.1, 0.15) is 23.0 Å². The van der Waals surface area contributed by atoms with Gasteiger partial charge in [-0.25, -0.2) is 9.67 Å². The minimum Gasteiger partial charge on any atom is -0.294 e. The van der Waals surface area contributed by atoms with Gasteiger partial charge in [0, 0.05) is 11.6 Å². The SMILES string of the molecule is CC(=O)c1cnn(-c2nccc3ccccc23)c1C.